The van der Waals surface area contributed by atoms with Crippen molar-refractivity contribution >= 4 is 5.82 Å². The van der Waals surface area contributed by atoms with E-state index in [4.69, 9.17) is 0 Å². The van der Waals surface area contributed by atoms with Crippen molar-refractivity contribution in [3.63, 3.8) is 0 Å². The van der Waals surface area contributed by atoms with E-state index < -0.39 is 0 Å². The summed E-state index contributed by atoms with van der Waals surface area (Å²) in [5, 5.41) is 6.55. The number of nitrogens with zero attached hydrogens (tertiary/aromatic N) is 1. The summed E-state index contributed by atoms with van der Waals surface area (Å²) in [6.07, 6.45) is 5.94. The fourth-order valence-electron chi connectivity index (χ4n) is 2.12. The lowest BCUT2D eigenvalue weighted by molar-refractivity contribution is 0.670. The first kappa shape index (κ1) is 15.0. The van der Waals surface area contributed by atoms with Gasteiger partial charge in [0, 0.05) is 12.2 Å². The Morgan fingerprint density at radius 2 is 2.11 bits per heavy atom. The van der Waals surface area contributed by atoms with Crippen LogP contribution in [0.15, 0.2) is 12.1 Å². The Hall–Kier alpha value is -1.09. The molecule has 102 valence electrons. The van der Waals surface area contributed by atoms with Gasteiger partial charge in [-0.05, 0) is 57.3 Å². The number of aryl methyl sites for hydroxylation is 2. The molecule has 0 atom stereocenters. The summed E-state index contributed by atoms with van der Waals surface area (Å²) in [5.41, 5.74) is 2.61. The second kappa shape index (κ2) is 8.92. The Morgan fingerprint density at radius 3 is 2.89 bits per heavy atom. The summed E-state index contributed by atoms with van der Waals surface area (Å²) >= 11 is 0. The maximum Gasteiger partial charge on any atom is 0.129 e. The molecule has 2 N–H and O–H groups in total. The normalized spacial score (nSPS) is 13.1. The van der Waals surface area contributed by atoms with E-state index >= 15 is 0 Å². The monoisotopic (exact) mass is 249 g/mol. The molecular formula is C15H27N3. The Bertz CT molecular complexity index is 337. The minimum atomic E-state index is 1.07. The standard InChI is InChI=1S/C13H21N3.C2H6/c1-14-9-3-2-6-12-8-7-11-5-4-10-15-13(11)16-12;1-2/h7-8,14H,2-6,9-10H2,1H3,(H,15,16);1-2H3. The van der Waals surface area contributed by atoms with E-state index in [0.29, 0.717) is 0 Å². The third kappa shape index (κ3) is 4.65. The maximum absolute atomic E-state index is 4.68. The molecule has 2 rings (SSSR count). The highest BCUT2D eigenvalue weighted by Gasteiger charge is 2.09. The molecule has 1 aliphatic heterocycles. The number of fused-ring (bicyclic) bond motifs is 1. The van der Waals surface area contributed by atoms with Crippen molar-refractivity contribution < 1.29 is 0 Å². The van der Waals surface area contributed by atoms with Crippen LogP contribution in [0.5, 0.6) is 0 Å². The minimum Gasteiger partial charge on any atom is -0.370 e. The first-order valence-electron chi connectivity index (χ1n) is 7.27. The van der Waals surface area contributed by atoms with Crippen LogP contribution in [0.25, 0.3) is 0 Å². The number of rotatable bonds is 5. The molecule has 0 amide bonds. The molecule has 1 aromatic rings. The number of aromatic nitrogens is 1. The van der Waals surface area contributed by atoms with Gasteiger partial charge in [0.05, 0.1) is 0 Å². The van der Waals surface area contributed by atoms with E-state index in [-0.39, 0.29) is 0 Å². The molecule has 0 aromatic carbocycles. The molecule has 0 radical (unpaired) electrons. The topological polar surface area (TPSA) is 37.0 Å². The van der Waals surface area contributed by atoms with Crippen LogP contribution in [-0.4, -0.2) is 25.1 Å². The SMILES string of the molecule is CC.CNCCCCc1ccc2c(n1)NCCC2. The van der Waals surface area contributed by atoms with E-state index in [1.165, 1.54) is 36.9 Å². The van der Waals surface area contributed by atoms with E-state index in [0.717, 1.165) is 25.3 Å². The highest BCUT2D eigenvalue weighted by molar-refractivity contribution is 5.46. The molecule has 1 aliphatic rings. The zero-order valence-corrected chi connectivity index (χ0v) is 12.1. The number of hydrogen-bond donors (Lipinski definition) is 2. The molecule has 3 heteroatoms. The van der Waals surface area contributed by atoms with Crippen molar-refractivity contribution in [1.82, 2.24) is 10.3 Å². The van der Waals surface area contributed by atoms with E-state index in [1.54, 1.807) is 0 Å². The van der Waals surface area contributed by atoms with Crippen LogP contribution in [0.2, 0.25) is 0 Å². The zero-order chi connectivity index (χ0) is 13.2. The highest BCUT2D eigenvalue weighted by Crippen LogP contribution is 2.20. The Kier molecular flexibility index (Phi) is 7.42. The van der Waals surface area contributed by atoms with Crippen molar-refractivity contribution in [2.45, 2.75) is 46.0 Å². The molecule has 0 saturated carbocycles. The van der Waals surface area contributed by atoms with Gasteiger partial charge in [-0.2, -0.15) is 0 Å². The van der Waals surface area contributed by atoms with Crippen LogP contribution >= 0.6 is 0 Å². The number of pyridine rings is 1. The van der Waals surface area contributed by atoms with Gasteiger partial charge in [-0.15, -0.1) is 0 Å². The van der Waals surface area contributed by atoms with Crippen molar-refractivity contribution in [2.24, 2.45) is 0 Å². The van der Waals surface area contributed by atoms with Crippen molar-refractivity contribution in [3.8, 4) is 0 Å². The van der Waals surface area contributed by atoms with Gasteiger partial charge in [0.25, 0.3) is 0 Å². The van der Waals surface area contributed by atoms with Crippen LogP contribution < -0.4 is 10.6 Å². The first-order chi connectivity index (χ1) is 8.90. The van der Waals surface area contributed by atoms with Crippen LogP contribution in [0.3, 0.4) is 0 Å². The molecule has 0 saturated heterocycles. The molecule has 0 fully saturated rings. The second-order valence-corrected chi connectivity index (χ2v) is 4.40. The predicted octanol–water partition coefficient (Wildman–Crippen LogP) is 3.01. The molecule has 2 heterocycles. The molecule has 0 spiro atoms. The molecule has 0 bridgehead atoms. The lowest BCUT2D eigenvalue weighted by Gasteiger charge is -2.17. The number of unbranched alkanes of at least 4 members (excludes halogenated alkanes) is 1. The summed E-state index contributed by atoms with van der Waals surface area (Å²) in [6.45, 7) is 6.17. The Labute approximate surface area is 111 Å². The summed E-state index contributed by atoms with van der Waals surface area (Å²) in [5.74, 6) is 1.12. The quantitative estimate of drug-likeness (QED) is 0.788. The first-order valence-corrected chi connectivity index (χ1v) is 7.27. The third-order valence-electron chi connectivity index (χ3n) is 3.06. The van der Waals surface area contributed by atoms with Crippen molar-refractivity contribution in [2.75, 3.05) is 25.5 Å². The van der Waals surface area contributed by atoms with E-state index in [2.05, 4.69) is 27.8 Å². The fraction of sp³-hybridized carbons (Fsp3) is 0.667. The van der Waals surface area contributed by atoms with E-state index in [9.17, 15) is 0 Å². The summed E-state index contributed by atoms with van der Waals surface area (Å²) in [7, 11) is 2.00. The number of anilines is 1. The molecule has 3 nitrogen and oxygen atoms in total. The van der Waals surface area contributed by atoms with Gasteiger partial charge in [-0.25, -0.2) is 4.98 Å². The fourth-order valence-corrected chi connectivity index (χ4v) is 2.12. The maximum atomic E-state index is 4.68. The van der Waals surface area contributed by atoms with Gasteiger partial charge in [-0.3, -0.25) is 0 Å². The average molecular weight is 249 g/mol. The van der Waals surface area contributed by atoms with Crippen LogP contribution in [0, 0.1) is 0 Å². The van der Waals surface area contributed by atoms with Crippen LogP contribution in [0.4, 0.5) is 5.82 Å². The average Bonchev–Trinajstić information content (AvgIpc) is 2.46. The minimum absolute atomic E-state index is 1.07. The molecule has 0 aliphatic carbocycles. The molecule has 0 unspecified atom stereocenters. The van der Waals surface area contributed by atoms with Gasteiger partial charge < -0.3 is 10.6 Å². The van der Waals surface area contributed by atoms with Gasteiger partial charge >= 0.3 is 0 Å². The lowest BCUT2D eigenvalue weighted by atomic mass is 10.1. The van der Waals surface area contributed by atoms with Gasteiger partial charge in [-0.1, -0.05) is 19.9 Å². The number of hydrogen-bond acceptors (Lipinski definition) is 3. The smallest absolute Gasteiger partial charge is 0.129 e. The molecular weight excluding hydrogens is 222 g/mol. The van der Waals surface area contributed by atoms with Gasteiger partial charge in [0.1, 0.15) is 5.82 Å². The lowest BCUT2D eigenvalue weighted by Crippen LogP contribution is -2.14. The second-order valence-electron chi connectivity index (χ2n) is 4.40. The van der Waals surface area contributed by atoms with E-state index in [1.807, 2.05) is 20.9 Å². The van der Waals surface area contributed by atoms with Gasteiger partial charge in [0.15, 0.2) is 0 Å². The largest absolute Gasteiger partial charge is 0.370 e. The predicted molar refractivity (Wildman–Crippen MR) is 79.3 cm³/mol. The Balaban J connectivity index is 0.000000771. The summed E-state index contributed by atoms with van der Waals surface area (Å²) < 4.78 is 0. The summed E-state index contributed by atoms with van der Waals surface area (Å²) in [4.78, 5) is 4.68. The van der Waals surface area contributed by atoms with Crippen molar-refractivity contribution in [1.29, 1.82) is 0 Å². The van der Waals surface area contributed by atoms with Gasteiger partial charge in [0.2, 0.25) is 0 Å². The Morgan fingerprint density at radius 1 is 1.28 bits per heavy atom. The summed E-state index contributed by atoms with van der Waals surface area (Å²) in [6, 6.07) is 4.42. The van der Waals surface area contributed by atoms with Crippen molar-refractivity contribution in [3.05, 3.63) is 23.4 Å². The number of nitrogens with one attached hydrogen (secondary N) is 2. The molecule has 1 aromatic heterocycles. The third-order valence-corrected chi connectivity index (χ3v) is 3.06. The van der Waals surface area contributed by atoms with Crippen LogP contribution in [0.1, 0.15) is 44.4 Å². The molecule has 18 heavy (non-hydrogen) atoms. The highest BCUT2D eigenvalue weighted by atomic mass is 15.0. The van der Waals surface area contributed by atoms with Crippen LogP contribution in [-0.2, 0) is 12.8 Å². The zero-order valence-electron chi connectivity index (χ0n) is 12.1.